The van der Waals surface area contributed by atoms with Gasteiger partial charge < -0.3 is 5.32 Å². The molecule has 1 heterocycles. The number of nitrogens with one attached hydrogen (secondary N) is 1. The lowest BCUT2D eigenvalue weighted by Crippen LogP contribution is -2.24. The van der Waals surface area contributed by atoms with Crippen LogP contribution >= 0.6 is 0 Å². The molecule has 1 aliphatic rings. The topological polar surface area (TPSA) is 56.0 Å². The van der Waals surface area contributed by atoms with Gasteiger partial charge in [-0.2, -0.15) is 0 Å². The quantitative estimate of drug-likeness (QED) is 0.787. The van der Waals surface area contributed by atoms with E-state index in [0.29, 0.717) is 18.9 Å². The van der Waals surface area contributed by atoms with E-state index in [1.165, 1.54) is 11.1 Å². The van der Waals surface area contributed by atoms with Gasteiger partial charge in [-0.15, -0.1) is 0 Å². The third-order valence-corrected chi connectivity index (χ3v) is 5.51. The molecule has 1 aliphatic carbocycles. The largest absolute Gasteiger partial charge is 0.352 e. The van der Waals surface area contributed by atoms with E-state index in [-0.39, 0.29) is 11.6 Å². The van der Waals surface area contributed by atoms with Crippen LogP contribution in [0.3, 0.4) is 0 Å². The molecule has 0 fully saturated rings. The van der Waals surface area contributed by atoms with Crippen LogP contribution in [0.2, 0.25) is 0 Å². The Kier molecular flexibility index (Phi) is 4.15. The number of carbonyl (C=O) groups is 1. The number of carbonyl (C=O) groups excluding carboxylic acids is 1. The highest BCUT2D eigenvalue weighted by atomic mass is 16.2. The number of nitrogens with zero attached hydrogens (tertiary/aromatic N) is 2. The van der Waals surface area contributed by atoms with E-state index in [9.17, 15) is 9.59 Å². The Hall–Kier alpha value is -2.82. The summed E-state index contributed by atoms with van der Waals surface area (Å²) in [6.45, 7) is 0.478. The predicted octanol–water partition coefficient (Wildman–Crippen LogP) is 2.61. The fourth-order valence-electron chi connectivity index (χ4n) is 4.02. The third-order valence-electron chi connectivity index (χ3n) is 5.51. The molecule has 0 saturated heterocycles. The van der Waals surface area contributed by atoms with Crippen molar-refractivity contribution in [2.45, 2.75) is 31.7 Å². The zero-order chi connectivity index (χ0) is 18.3. The van der Waals surface area contributed by atoms with Crippen LogP contribution in [0.4, 0.5) is 0 Å². The summed E-state index contributed by atoms with van der Waals surface area (Å²) >= 11 is 0. The van der Waals surface area contributed by atoms with Crippen molar-refractivity contribution in [3.8, 4) is 0 Å². The highest BCUT2D eigenvalue weighted by Gasteiger charge is 2.24. The van der Waals surface area contributed by atoms with E-state index >= 15 is 0 Å². The van der Waals surface area contributed by atoms with E-state index in [1.54, 1.807) is 23.2 Å². The Morgan fingerprint density at radius 2 is 1.88 bits per heavy atom. The van der Waals surface area contributed by atoms with Gasteiger partial charge in [0.15, 0.2) is 0 Å². The van der Waals surface area contributed by atoms with Crippen molar-refractivity contribution in [2.75, 3.05) is 0 Å². The number of benzene rings is 2. The van der Waals surface area contributed by atoms with Crippen LogP contribution in [0.15, 0.2) is 47.3 Å². The fourth-order valence-corrected chi connectivity index (χ4v) is 4.02. The number of hydrogen-bond donors (Lipinski definition) is 1. The monoisotopic (exact) mass is 349 g/mol. The molecular weight excluding hydrogens is 326 g/mol. The van der Waals surface area contributed by atoms with Crippen LogP contribution in [0, 0.1) is 0 Å². The fraction of sp³-hybridized carbons (Fsp3) is 0.333. The highest BCUT2D eigenvalue weighted by Crippen LogP contribution is 2.35. The normalized spacial score (nSPS) is 16.0. The van der Waals surface area contributed by atoms with Gasteiger partial charge in [0.1, 0.15) is 0 Å². The lowest BCUT2D eigenvalue weighted by molar-refractivity contribution is -0.121. The first kappa shape index (κ1) is 16.6. The van der Waals surface area contributed by atoms with Crippen LogP contribution in [0.1, 0.15) is 35.4 Å². The second-order valence-electron chi connectivity index (χ2n) is 7.14. The van der Waals surface area contributed by atoms with Gasteiger partial charge in [0, 0.05) is 27.1 Å². The molecule has 3 aromatic rings. The summed E-state index contributed by atoms with van der Waals surface area (Å²) in [6.07, 6.45) is 2.64. The summed E-state index contributed by atoms with van der Waals surface area (Å²) < 4.78 is 3.27. The summed E-state index contributed by atoms with van der Waals surface area (Å²) in [7, 11) is 3.54. The molecule has 0 saturated carbocycles. The minimum Gasteiger partial charge on any atom is -0.352 e. The Morgan fingerprint density at radius 1 is 1.12 bits per heavy atom. The minimum atomic E-state index is -0.0407. The molecule has 26 heavy (non-hydrogen) atoms. The average Bonchev–Trinajstić information content (AvgIpc) is 3.15. The molecule has 5 nitrogen and oxygen atoms in total. The molecule has 1 aromatic heterocycles. The predicted molar refractivity (Wildman–Crippen MR) is 102 cm³/mol. The molecule has 1 N–H and O–H groups in total. The molecule has 0 radical (unpaired) electrons. The Balaban J connectivity index is 1.43. The smallest absolute Gasteiger partial charge is 0.328 e. The molecule has 0 aliphatic heterocycles. The molecule has 0 spiro atoms. The molecule has 0 bridgehead atoms. The van der Waals surface area contributed by atoms with Crippen molar-refractivity contribution in [2.24, 2.45) is 14.1 Å². The van der Waals surface area contributed by atoms with Crippen molar-refractivity contribution in [3.05, 3.63) is 69.6 Å². The number of amides is 1. The van der Waals surface area contributed by atoms with E-state index < -0.39 is 0 Å². The first-order valence-corrected chi connectivity index (χ1v) is 9.03. The Bertz CT molecular complexity index is 1050. The second-order valence-corrected chi connectivity index (χ2v) is 7.14. The summed E-state index contributed by atoms with van der Waals surface area (Å²) in [4.78, 5) is 24.4. The Morgan fingerprint density at radius 3 is 2.73 bits per heavy atom. The number of hydrogen-bond acceptors (Lipinski definition) is 2. The number of aryl methyl sites for hydroxylation is 3. The van der Waals surface area contributed by atoms with E-state index in [4.69, 9.17) is 0 Å². The van der Waals surface area contributed by atoms with Gasteiger partial charge in [-0.05, 0) is 47.6 Å². The van der Waals surface area contributed by atoms with Crippen LogP contribution in [0.25, 0.3) is 11.0 Å². The van der Waals surface area contributed by atoms with Crippen molar-refractivity contribution in [1.29, 1.82) is 0 Å². The molecule has 2 aromatic carbocycles. The van der Waals surface area contributed by atoms with Crippen LogP contribution < -0.4 is 11.0 Å². The number of imidazole rings is 1. The Labute approximate surface area is 152 Å². The first-order valence-electron chi connectivity index (χ1n) is 9.03. The van der Waals surface area contributed by atoms with Gasteiger partial charge in [0.05, 0.1) is 11.0 Å². The zero-order valence-electron chi connectivity index (χ0n) is 15.2. The molecule has 4 rings (SSSR count). The van der Waals surface area contributed by atoms with Crippen molar-refractivity contribution < 1.29 is 4.79 Å². The van der Waals surface area contributed by atoms with Gasteiger partial charge in [0.25, 0.3) is 0 Å². The molecule has 5 heteroatoms. The van der Waals surface area contributed by atoms with E-state index in [2.05, 4.69) is 29.6 Å². The number of fused-ring (bicyclic) bond motifs is 2. The maximum absolute atomic E-state index is 12.4. The van der Waals surface area contributed by atoms with Gasteiger partial charge >= 0.3 is 5.69 Å². The summed E-state index contributed by atoms with van der Waals surface area (Å²) in [5.41, 5.74) is 5.44. The average molecular weight is 349 g/mol. The SMILES string of the molecule is Cn1c(=O)n(C)c2cc(CNC(=O)CC3CCc4ccccc43)ccc21. The zero-order valence-corrected chi connectivity index (χ0v) is 15.2. The van der Waals surface area contributed by atoms with Crippen molar-refractivity contribution in [1.82, 2.24) is 14.5 Å². The lowest BCUT2D eigenvalue weighted by atomic mass is 9.97. The molecule has 1 amide bonds. The van der Waals surface area contributed by atoms with E-state index in [0.717, 1.165) is 29.4 Å². The van der Waals surface area contributed by atoms with Gasteiger partial charge in [0.2, 0.25) is 5.91 Å². The summed E-state index contributed by atoms with van der Waals surface area (Å²) in [6, 6.07) is 14.3. The van der Waals surface area contributed by atoms with Crippen LogP contribution in [-0.2, 0) is 31.9 Å². The molecule has 1 unspecified atom stereocenters. The van der Waals surface area contributed by atoms with E-state index in [1.807, 2.05) is 18.2 Å². The summed E-state index contributed by atoms with van der Waals surface area (Å²) in [5.74, 6) is 0.400. The standard InChI is InChI=1S/C21H23N3O2/c1-23-18-10-7-14(11-19(18)24(2)21(23)26)13-22-20(25)12-16-9-8-15-5-3-4-6-17(15)16/h3-7,10-11,16H,8-9,12-13H2,1-2H3,(H,22,25). The molecule has 1 atom stereocenters. The minimum absolute atomic E-state index is 0.0407. The van der Waals surface area contributed by atoms with Crippen molar-refractivity contribution >= 4 is 16.9 Å². The number of aromatic nitrogens is 2. The first-order chi connectivity index (χ1) is 12.5. The maximum Gasteiger partial charge on any atom is 0.328 e. The van der Waals surface area contributed by atoms with Gasteiger partial charge in [-0.3, -0.25) is 13.9 Å². The number of rotatable bonds is 4. The third kappa shape index (κ3) is 2.83. The lowest BCUT2D eigenvalue weighted by Gasteiger charge is -2.12. The van der Waals surface area contributed by atoms with Crippen LogP contribution in [0.5, 0.6) is 0 Å². The molecular formula is C21H23N3O2. The van der Waals surface area contributed by atoms with Crippen molar-refractivity contribution in [3.63, 3.8) is 0 Å². The molecule has 134 valence electrons. The maximum atomic E-state index is 12.4. The van der Waals surface area contributed by atoms with Crippen LogP contribution in [-0.4, -0.2) is 15.0 Å². The van der Waals surface area contributed by atoms with Gasteiger partial charge in [-0.1, -0.05) is 30.3 Å². The summed E-state index contributed by atoms with van der Waals surface area (Å²) in [5, 5.41) is 3.03. The highest BCUT2D eigenvalue weighted by molar-refractivity contribution is 5.78. The second kappa shape index (κ2) is 6.48. The van der Waals surface area contributed by atoms with Gasteiger partial charge in [-0.25, -0.2) is 4.79 Å².